The highest BCUT2D eigenvalue weighted by molar-refractivity contribution is 14.0. The number of hydrogen-bond acceptors (Lipinski definition) is 3. The van der Waals surface area contributed by atoms with Crippen molar-refractivity contribution in [1.29, 1.82) is 0 Å². The van der Waals surface area contributed by atoms with E-state index in [1.165, 1.54) is 57.5 Å². The maximum Gasteiger partial charge on any atom is 0.193 e. The molecule has 0 radical (unpaired) electrons. The summed E-state index contributed by atoms with van der Waals surface area (Å²) in [6, 6.07) is 10.9. The van der Waals surface area contributed by atoms with Crippen molar-refractivity contribution in [2.45, 2.75) is 26.2 Å². The number of aliphatic imine (C=N–C) groups is 1. The number of rotatable bonds is 6. The summed E-state index contributed by atoms with van der Waals surface area (Å²) in [6.45, 7) is 11.5. The van der Waals surface area contributed by atoms with Gasteiger partial charge < -0.3 is 20.0 Å². The summed E-state index contributed by atoms with van der Waals surface area (Å²) in [4.78, 5) is 12.0. The van der Waals surface area contributed by atoms with Gasteiger partial charge in [-0.05, 0) is 43.7 Å². The molecule has 5 nitrogen and oxygen atoms in total. The van der Waals surface area contributed by atoms with Crippen LogP contribution in [0.5, 0.6) is 0 Å². The van der Waals surface area contributed by atoms with Crippen molar-refractivity contribution in [3.05, 3.63) is 35.9 Å². The molecule has 1 unspecified atom stereocenters. The van der Waals surface area contributed by atoms with E-state index in [1.54, 1.807) is 0 Å². The summed E-state index contributed by atoms with van der Waals surface area (Å²) in [5.41, 5.74) is 1.47. The summed E-state index contributed by atoms with van der Waals surface area (Å²) >= 11 is 0. The van der Waals surface area contributed by atoms with Crippen LogP contribution in [0.2, 0.25) is 0 Å². The van der Waals surface area contributed by atoms with Crippen LogP contribution in [0.15, 0.2) is 35.3 Å². The summed E-state index contributed by atoms with van der Waals surface area (Å²) in [6.07, 6.45) is 3.72. The average Bonchev–Trinajstić information content (AvgIpc) is 2.72. The van der Waals surface area contributed by atoms with Crippen molar-refractivity contribution in [1.82, 2.24) is 20.0 Å². The van der Waals surface area contributed by atoms with Crippen LogP contribution in [-0.2, 0) is 6.42 Å². The van der Waals surface area contributed by atoms with E-state index in [1.807, 2.05) is 7.05 Å². The van der Waals surface area contributed by atoms with Gasteiger partial charge in [0, 0.05) is 59.4 Å². The molecule has 2 heterocycles. The topological polar surface area (TPSA) is 34.1 Å². The maximum absolute atomic E-state index is 4.56. The molecule has 0 saturated carbocycles. The van der Waals surface area contributed by atoms with E-state index < -0.39 is 0 Å². The van der Waals surface area contributed by atoms with Crippen LogP contribution in [0.4, 0.5) is 0 Å². The molecule has 1 N–H and O–H groups in total. The third-order valence-electron chi connectivity index (χ3n) is 6.27. The van der Waals surface area contributed by atoms with Gasteiger partial charge in [0.25, 0.3) is 0 Å². The summed E-state index contributed by atoms with van der Waals surface area (Å²) in [7, 11) is 4.14. The third kappa shape index (κ3) is 8.06. The Morgan fingerprint density at radius 2 is 1.72 bits per heavy atom. The van der Waals surface area contributed by atoms with Crippen molar-refractivity contribution >= 4 is 29.9 Å². The lowest BCUT2D eigenvalue weighted by Crippen LogP contribution is -2.49. The van der Waals surface area contributed by atoms with Crippen molar-refractivity contribution in [2.24, 2.45) is 16.8 Å². The number of piperazine rings is 1. The van der Waals surface area contributed by atoms with E-state index in [4.69, 9.17) is 0 Å². The Balaban J connectivity index is 0.00000300. The standard InChI is InChI=1S/C23H39N5.HI/c1-20(19-27-15-13-26(3)14-16-27)18-25-23(24-2)28-11-9-22(10-12-28)17-21-7-5-4-6-8-21;/h4-8,20,22H,9-19H2,1-3H3,(H,24,25);1H. The van der Waals surface area contributed by atoms with Crippen LogP contribution in [-0.4, -0.2) is 87.1 Å². The van der Waals surface area contributed by atoms with E-state index in [-0.39, 0.29) is 24.0 Å². The first-order valence-corrected chi connectivity index (χ1v) is 11.0. The number of nitrogens with zero attached hydrogens (tertiary/aromatic N) is 4. The molecule has 2 aliphatic rings. The highest BCUT2D eigenvalue weighted by atomic mass is 127. The first-order valence-electron chi connectivity index (χ1n) is 11.0. The van der Waals surface area contributed by atoms with Gasteiger partial charge >= 0.3 is 0 Å². The Bertz CT molecular complexity index is 593. The van der Waals surface area contributed by atoms with Gasteiger partial charge in [-0.2, -0.15) is 0 Å². The largest absolute Gasteiger partial charge is 0.356 e. The van der Waals surface area contributed by atoms with Crippen molar-refractivity contribution in [3.8, 4) is 0 Å². The van der Waals surface area contributed by atoms with Crippen molar-refractivity contribution in [2.75, 3.05) is 66.5 Å². The molecule has 1 aromatic carbocycles. The fraction of sp³-hybridized carbons (Fsp3) is 0.696. The summed E-state index contributed by atoms with van der Waals surface area (Å²) in [5.74, 6) is 2.52. The second-order valence-electron chi connectivity index (χ2n) is 8.76. The number of hydrogen-bond donors (Lipinski definition) is 1. The van der Waals surface area contributed by atoms with Gasteiger partial charge in [-0.1, -0.05) is 37.3 Å². The Morgan fingerprint density at radius 3 is 2.34 bits per heavy atom. The molecule has 164 valence electrons. The Morgan fingerprint density at radius 1 is 1.07 bits per heavy atom. The van der Waals surface area contributed by atoms with E-state index in [0.717, 1.165) is 31.5 Å². The zero-order valence-corrected chi connectivity index (χ0v) is 20.8. The minimum Gasteiger partial charge on any atom is -0.356 e. The molecule has 0 spiro atoms. The highest BCUT2D eigenvalue weighted by Crippen LogP contribution is 2.21. The first-order chi connectivity index (χ1) is 13.6. The lowest BCUT2D eigenvalue weighted by Gasteiger charge is -2.36. The van der Waals surface area contributed by atoms with Gasteiger partial charge in [0.2, 0.25) is 0 Å². The minimum absolute atomic E-state index is 0. The van der Waals surface area contributed by atoms with E-state index in [9.17, 15) is 0 Å². The molecule has 0 aliphatic carbocycles. The quantitative estimate of drug-likeness (QED) is 0.361. The van der Waals surface area contributed by atoms with Crippen LogP contribution in [0, 0.1) is 11.8 Å². The normalized spacial score (nSPS) is 20.9. The van der Waals surface area contributed by atoms with Gasteiger partial charge in [-0.25, -0.2) is 0 Å². The molecule has 1 aromatic rings. The smallest absolute Gasteiger partial charge is 0.193 e. The second-order valence-corrected chi connectivity index (χ2v) is 8.76. The SMILES string of the molecule is CN=C(NCC(C)CN1CCN(C)CC1)N1CCC(Cc2ccccc2)CC1.I. The predicted octanol–water partition coefficient (Wildman–Crippen LogP) is 3.02. The van der Waals surface area contributed by atoms with Crippen LogP contribution < -0.4 is 5.32 Å². The fourth-order valence-electron chi connectivity index (χ4n) is 4.43. The molecule has 0 aromatic heterocycles. The molecule has 2 aliphatic heterocycles. The van der Waals surface area contributed by atoms with Gasteiger partial charge in [0.05, 0.1) is 0 Å². The van der Waals surface area contributed by atoms with Crippen LogP contribution >= 0.6 is 24.0 Å². The van der Waals surface area contributed by atoms with Gasteiger partial charge in [-0.15, -0.1) is 24.0 Å². The molecule has 2 fully saturated rings. The Kier molecular flexibility index (Phi) is 10.7. The van der Waals surface area contributed by atoms with E-state index in [0.29, 0.717) is 5.92 Å². The van der Waals surface area contributed by atoms with Crippen molar-refractivity contribution in [3.63, 3.8) is 0 Å². The molecule has 0 bridgehead atoms. The number of halogens is 1. The molecule has 0 amide bonds. The zero-order chi connectivity index (χ0) is 19.8. The summed E-state index contributed by atoms with van der Waals surface area (Å²) < 4.78 is 0. The Hall–Kier alpha value is -0.860. The molecular formula is C23H40IN5. The van der Waals surface area contributed by atoms with Gasteiger partial charge in [-0.3, -0.25) is 4.99 Å². The van der Waals surface area contributed by atoms with Gasteiger partial charge in [0.15, 0.2) is 5.96 Å². The minimum atomic E-state index is 0. The van der Waals surface area contributed by atoms with Crippen LogP contribution in [0.3, 0.4) is 0 Å². The maximum atomic E-state index is 4.56. The molecular weight excluding hydrogens is 473 g/mol. The number of likely N-dealkylation sites (N-methyl/N-ethyl adjacent to an activating group) is 1. The summed E-state index contributed by atoms with van der Waals surface area (Å²) in [5, 5.41) is 3.64. The number of piperidine rings is 1. The van der Waals surface area contributed by atoms with Crippen LogP contribution in [0.1, 0.15) is 25.3 Å². The number of likely N-dealkylation sites (tertiary alicyclic amines) is 1. The zero-order valence-electron chi connectivity index (χ0n) is 18.5. The lowest BCUT2D eigenvalue weighted by atomic mass is 9.90. The van der Waals surface area contributed by atoms with Gasteiger partial charge in [0.1, 0.15) is 0 Å². The molecule has 6 heteroatoms. The number of nitrogens with one attached hydrogen (secondary N) is 1. The lowest BCUT2D eigenvalue weighted by molar-refractivity contribution is 0.139. The third-order valence-corrected chi connectivity index (χ3v) is 6.27. The van der Waals surface area contributed by atoms with E-state index >= 15 is 0 Å². The second kappa shape index (κ2) is 12.7. The monoisotopic (exact) mass is 513 g/mol. The molecule has 1 atom stereocenters. The molecule has 29 heavy (non-hydrogen) atoms. The molecule has 3 rings (SSSR count). The molecule has 2 saturated heterocycles. The fourth-order valence-corrected chi connectivity index (χ4v) is 4.43. The first kappa shape index (κ1) is 24.4. The highest BCUT2D eigenvalue weighted by Gasteiger charge is 2.22. The van der Waals surface area contributed by atoms with Crippen molar-refractivity contribution < 1.29 is 0 Å². The van der Waals surface area contributed by atoms with Crippen LogP contribution in [0.25, 0.3) is 0 Å². The predicted molar refractivity (Wildman–Crippen MR) is 134 cm³/mol. The number of guanidine groups is 1. The average molecular weight is 514 g/mol. The Labute approximate surface area is 194 Å². The number of benzene rings is 1. The van der Waals surface area contributed by atoms with E-state index in [2.05, 4.69) is 69.3 Å².